The third kappa shape index (κ3) is 3.79. The monoisotopic (exact) mass is 343 g/mol. The fourth-order valence-corrected chi connectivity index (χ4v) is 1.93. The maximum absolute atomic E-state index is 13.2. The number of amides is 1. The van der Waals surface area contributed by atoms with Gasteiger partial charge in [-0.15, -0.1) is 0 Å². The lowest BCUT2D eigenvalue weighted by Crippen LogP contribution is -2.34. The van der Waals surface area contributed by atoms with Crippen molar-refractivity contribution in [2.75, 3.05) is 5.32 Å². The number of aryl methyl sites for hydroxylation is 1. The minimum Gasteiger partial charge on any atom is -0.324 e. The lowest BCUT2D eigenvalue weighted by Gasteiger charge is -2.16. The van der Waals surface area contributed by atoms with Crippen LogP contribution < -0.4 is 10.9 Å². The fraction of sp³-hybridized carbons (Fsp3) is 0.267. The number of hydrogen-bond donors (Lipinski definition) is 1. The molecule has 1 atom stereocenters. The van der Waals surface area contributed by atoms with Crippen LogP contribution in [0.5, 0.6) is 0 Å². The molecule has 1 aromatic carbocycles. The first kappa shape index (κ1) is 17.6. The minimum atomic E-state index is -4.75. The summed E-state index contributed by atoms with van der Waals surface area (Å²) in [6.07, 6.45) is -4.75. The zero-order valence-electron chi connectivity index (χ0n) is 12.7. The molecule has 1 unspecified atom stereocenters. The highest BCUT2D eigenvalue weighted by atomic mass is 19.4. The van der Waals surface area contributed by atoms with Crippen molar-refractivity contribution in [3.63, 3.8) is 0 Å². The molecule has 0 fully saturated rings. The Hall–Kier alpha value is -2.71. The van der Waals surface area contributed by atoms with Gasteiger partial charge in [0.15, 0.2) is 5.69 Å². The van der Waals surface area contributed by atoms with Crippen LogP contribution >= 0.6 is 0 Å². The number of benzene rings is 1. The highest BCUT2D eigenvalue weighted by Crippen LogP contribution is 2.26. The molecule has 9 heteroatoms. The SMILES string of the molecule is Cc1ccc(F)cc1NC(=O)C(C)n1nc(C(F)(F)F)ccc1=O. The van der Waals surface area contributed by atoms with Crippen LogP contribution in [0, 0.1) is 12.7 Å². The molecular formula is C15H13F4N3O2. The highest BCUT2D eigenvalue weighted by Gasteiger charge is 2.34. The second-order valence-electron chi connectivity index (χ2n) is 5.12. The lowest BCUT2D eigenvalue weighted by atomic mass is 10.2. The van der Waals surface area contributed by atoms with Crippen molar-refractivity contribution in [1.82, 2.24) is 9.78 Å². The van der Waals surface area contributed by atoms with Crippen LogP contribution in [-0.2, 0) is 11.0 Å². The first-order chi connectivity index (χ1) is 11.1. The van der Waals surface area contributed by atoms with E-state index in [-0.39, 0.29) is 5.69 Å². The molecule has 128 valence electrons. The maximum Gasteiger partial charge on any atom is 0.435 e. The maximum atomic E-state index is 13.2. The molecule has 0 spiro atoms. The number of carbonyl (C=O) groups excluding carboxylic acids is 1. The summed E-state index contributed by atoms with van der Waals surface area (Å²) in [5.74, 6) is -1.38. The first-order valence-corrected chi connectivity index (χ1v) is 6.83. The predicted octanol–water partition coefficient (Wildman–Crippen LogP) is 2.91. The van der Waals surface area contributed by atoms with Crippen molar-refractivity contribution in [2.24, 2.45) is 0 Å². The van der Waals surface area contributed by atoms with Crippen molar-refractivity contribution < 1.29 is 22.4 Å². The summed E-state index contributed by atoms with van der Waals surface area (Å²) in [5, 5.41) is 5.57. The first-order valence-electron chi connectivity index (χ1n) is 6.83. The Balaban J connectivity index is 2.31. The molecule has 2 aromatic rings. The van der Waals surface area contributed by atoms with E-state index in [9.17, 15) is 27.2 Å². The zero-order valence-corrected chi connectivity index (χ0v) is 12.7. The van der Waals surface area contributed by atoms with E-state index in [1.165, 1.54) is 19.1 Å². The molecule has 1 aromatic heterocycles. The normalized spacial score (nSPS) is 12.8. The summed E-state index contributed by atoms with van der Waals surface area (Å²) in [7, 11) is 0. The highest BCUT2D eigenvalue weighted by molar-refractivity contribution is 5.94. The Kier molecular flexibility index (Phi) is 4.72. The molecule has 2 rings (SSSR count). The molecule has 0 aliphatic rings. The summed E-state index contributed by atoms with van der Waals surface area (Å²) < 4.78 is 51.7. The van der Waals surface area contributed by atoms with Gasteiger partial charge in [0.05, 0.1) is 0 Å². The Morgan fingerprint density at radius 1 is 1.25 bits per heavy atom. The molecular weight excluding hydrogens is 330 g/mol. The second-order valence-corrected chi connectivity index (χ2v) is 5.12. The van der Waals surface area contributed by atoms with Crippen molar-refractivity contribution in [3.8, 4) is 0 Å². The Morgan fingerprint density at radius 2 is 1.92 bits per heavy atom. The van der Waals surface area contributed by atoms with Crippen LogP contribution in [0.1, 0.15) is 24.2 Å². The topological polar surface area (TPSA) is 64.0 Å². The molecule has 5 nitrogen and oxygen atoms in total. The third-order valence-corrected chi connectivity index (χ3v) is 3.32. The van der Waals surface area contributed by atoms with Crippen LogP contribution in [0.15, 0.2) is 35.1 Å². The number of aromatic nitrogens is 2. The van der Waals surface area contributed by atoms with Gasteiger partial charge in [0, 0.05) is 11.8 Å². The Labute approximate surface area is 133 Å². The molecule has 0 aliphatic carbocycles. The van der Waals surface area contributed by atoms with E-state index in [1.54, 1.807) is 6.92 Å². The Bertz CT molecular complexity index is 830. The summed E-state index contributed by atoms with van der Waals surface area (Å²) in [6, 6.07) is 3.62. The van der Waals surface area contributed by atoms with Gasteiger partial charge in [-0.1, -0.05) is 6.07 Å². The van der Waals surface area contributed by atoms with Crippen LogP contribution in [0.25, 0.3) is 0 Å². The van der Waals surface area contributed by atoms with E-state index in [1.807, 2.05) is 0 Å². The van der Waals surface area contributed by atoms with Crippen molar-refractivity contribution in [1.29, 1.82) is 0 Å². The molecule has 1 amide bonds. The van der Waals surface area contributed by atoms with Crippen LogP contribution in [0.2, 0.25) is 0 Å². The van der Waals surface area contributed by atoms with Gasteiger partial charge in [0.1, 0.15) is 11.9 Å². The van der Waals surface area contributed by atoms with Crippen molar-refractivity contribution in [2.45, 2.75) is 26.1 Å². The van der Waals surface area contributed by atoms with Gasteiger partial charge in [0.2, 0.25) is 5.91 Å². The number of nitrogens with one attached hydrogen (secondary N) is 1. The predicted molar refractivity (Wildman–Crippen MR) is 78.0 cm³/mol. The van der Waals surface area contributed by atoms with E-state index < -0.39 is 35.2 Å². The number of rotatable bonds is 3. The average Bonchev–Trinajstić information content (AvgIpc) is 2.49. The number of anilines is 1. The number of nitrogens with zero attached hydrogens (tertiary/aromatic N) is 2. The molecule has 0 saturated carbocycles. The summed E-state index contributed by atoms with van der Waals surface area (Å²) >= 11 is 0. The van der Waals surface area contributed by atoms with Crippen LogP contribution in [0.4, 0.5) is 23.2 Å². The van der Waals surface area contributed by atoms with Gasteiger partial charge in [0.25, 0.3) is 5.56 Å². The van der Waals surface area contributed by atoms with Crippen LogP contribution in [0.3, 0.4) is 0 Å². The lowest BCUT2D eigenvalue weighted by molar-refractivity contribution is -0.142. The Morgan fingerprint density at radius 3 is 2.54 bits per heavy atom. The van der Waals surface area contributed by atoms with Crippen LogP contribution in [-0.4, -0.2) is 15.7 Å². The molecule has 0 aliphatic heterocycles. The number of alkyl halides is 3. The van der Waals surface area contributed by atoms with Crippen molar-refractivity contribution >= 4 is 11.6 Å². The van der Waals surface area contributed by atoms with Gasteiger partial charge in [-0.05, 0) is 37.6 Å². The quantitative estimate of drug-likeness (QED) is 0.872. The van der Waals surface area contributed by atoms with Gasteiger partial charge < -0.3 is 5.32 Å². The van der Waals surface area contributed by atoms with E-state index in [4.69, 9.17) is 0 Å². The molecule has 0 bridgehead atoms. The number of halogens is 4. The standard InChI is InChI=1S/C15H13F4N3O2/c1-8-3-4-10(16)7-11(8)20-14(24)9(2)22-13(23)6-5-12(21-22)15(17,18)19/h3-7,9H,1-2H3,(H,20,24). The molecule has 0 radical (unpaired) electrons. The van der Waals surface area contributed by atoms with E-state index in [2.05, 4.69) is 10.4 Å². The van der Waals surface area contributed by atoms with Gasteiger partial charge in [-0.3, -0.25) is 9.59 Å². The second kappa shape index (κ2) is 6.42. The number of carbonyl (C=O) groups is 1. The molecule has 0 saturated heterocycles. The molecule has 1 N–H and O–H groups in total. The minimum absolute atomic E-state index is 0.159. The third-order valence-electron chi connectivity index (χ3n) is 3.32. The van der Waals surface area contributed by atoms with E-state index >= 15 is 0 Å². The fourth-order valence-electron chi connectivity index (χ4n) is 1.93. The largest absolute Gasteiger partial charge is 0.435 e. The number of hydrogen-bond acceptors (Lipinski definition) is 3. The van der Waals surface area contributed by atoms with Gasteiger partial charge in [-0.2, -0.15) is 18.3 Å². The average molecular weight is 343 g/mol. The smallest absolute Gasteiger partial charge is 0.324 e. The zero-order chi connectivity index (χ0) is 18.1. The summed E-state index contributed by atoms with van der Waals surface area (Å²) in [6.45, 7) is 2.84. The van der Waals surface area contributed by atoms with Gasteiger partial charge >= 0.3 is 6.18 Å². The summed E-state index contributed by atoms with van der Waals surface area (Å²) in [5.41, 5.74) is -1.43. The van der Waals surface area contributed by atoms with Crippen molar-refractivity contribution in [3.05, 3.63) is 57.8 Å². The molecule has 1 heterocycles. The summed E-state index contributed by atoms with van der Waals surface area (Å²) in [4.78, 5) is 23.9. The van der Waals surface area contributed by atoms with E-state index in [0.717, 1.165) is 6.07 Å². The van der Waals surface area contributed by atoms with E-state index in [0.29, 0.717) is 22.4 Å². The van der Waals surface area contributed by atoms with Gasteiger partial charge in [-0.25, -0.2) is 9.07 Å². The molecule has 24 heavy (non-hydrogen) atoms.